The summed E-state index contributed by atoms with van der Waals surface area (Å²) in [6, 6.07) is 23.2. The van der Waals surface area contributed by atoms with Crippen LogP contribution in [0.2, 0.25) is 0 Å². The van der Waals surface area contributed by atoms with E-state index in [9.17, 15) is 0 Å². The van der Waals surface area contributed by atoms with E-state index in [2.05, 4.69) is 22.1 Å². The minimum Gasteiger partial charge on any atom is -0.493 e. The zero-order chi connectivity index (χ0) is 14.5. The lowest BCUT2D eigenvalue weighted by Gasteiger charge is -1.95. The van der Waals surface area contributed by atoms with E-state index in [4.69, 9.17) is 5.11 Å². The van der Waals surface area contributed by atoms with Crippen LogP contribution in [0.25, 0.3) is 21.8 Å². The van der Waals surface area contributed by atoms with Crippen LogP contribution in [-0.4, -0.2) is 38.1 Å². The van der Waals surface area contributed by atoms with Crippen LogP contribution in [-0.2, 0) is 0 Å². The van der Waals surface area contributed by atoms with Gasteiger partial charge in [0.1, 0.15) is 0 Å². The van der Waals surface area contributed by atoms with Crippen molar-refractivity contribution in [3.63, 3.8) is 0 Å². The molecule has 22 heavy (non-hydrogen) atoms. The molecule has 0 fully saturated rings. The number of pyridine rings is 2. The van der Waals surface area contributed by atoms with E-state index >= 15 is 0 Å². The molecule has 0 aliphatic carbocycles. The predicted molar refractivity (Wildman–Crippen MR) is 93.7 cm³/mol. The summed E-state index contributed by atoms with van der Waals surface area (Å²) in [6.45, 7) is 0. The first kappa shape index (κ1) is 16.2. The number of aromatic nitrogens is 2. The van der Waals surface area contributed by atoms with Crippen LogP contribution in [0.1, 0.15) is 0 Å². The van der Waals surface area contributed by atoms with Gasteiger partial charge >= 0.3 is 23.1 Å². The molecule has 0 radical (unpaired) electrons. The minimum absolute atomic E-state index is 0. The number of nitrogens with zero attached hydrogens (tertiary/aromatic N) is 2. The fourth-order valence-electron chi connectivity index (χ4n) is 2.07. The third-order valence-corrected chi connectivity index (χ3v) is 3.10. The van der Waals surface area contributed by atoms with Crippen molar-refractivity contribution in [2.45, 2.75) is 0 Å². The number of rotatable bonds is 0. The second kappa shape index (κ2) is 7.73. The van der Waals surface area contributed by atoms with Gasteiger partial charge in [-0.25, -0.2) is 4.98 Å². The molecular weight excluding hydrogens is 285 g/mol. The smallest absolute Gasteiger partial charge is 0.316 e. The molecule has 2 aromatic carbocycles. The van der Waals surface area contributed by atoms with E-state index in [1.165, 1.54) is 5.39 Å². The SMILES string of the molecule is Oc1ccc2ccccc2n1.[MgH2].c1ccc2ncccc2c1. The Balaban J connectivity index is 0.000000154. The summed E-state index contributed by atoms with van der Waals surface area (Å²) in [6.07, 6.45) is 1.81. The predicted octanol–water partition coefficient (Wildman–Crippen LogP) is 3.26. The van der Waals surface area contributed by atoms with Gasteiger partial charge in [-0.1, -0.05) is 42.5 Å². The quantitative estimate of drug-likeness (QED) is 0.507. The molecule has 4 heteroatoms. The number of hydrogen-bond acceptors (Lipinski definition) is 3. The molecule has 3 nitrogen and oxygen atoms in total. The second-order valence-corrected chi connectivity index (χ2v) is 4.56. The Morgan fingerprint density at radius 1 is 0.636 bits per heavy atom. The lowest BCUT2D eigenvalue weighted by atomic mass is 10.2. The van der Waals surface area contributed by atoms with Crippen molar-refractivity contribution in [2.24, 2.45) is 0 Å². The minimum atomic E-state index is 0. The molecule has 4 aromatic rings. The number of para-hydroxylation sites is 2. The van der Waals surface area contributed by atoms with Gasteiger partial charge in [0, 0.05) is 23.0 Å². The number of hydrogen-bond donors (Lipinski definition) is 1. The van der Waals surface area contributed by atoms with E-state index in [1.54, 1.807) is 6.07 Å². The molecule has 0 atom stereocenters. The normalized spacial score (nSPS) is 9.64. The Bertz CT molecular complexity index is 815. The molecule has 0 spiro atoms. The summed E-state index contributed by atoms with van der Waals surface area (Å²) in [5.74, 6) is 0.0729. The van der Waals surface area contributed by atoms with Crippen molar-refractivity contribution in [1.29, 1.82) is 0 Å². The standard InChI is InChI=1S/C9H7NO.C9H7N.Mg.2H/c11-9-6-5-7-3-1-2-4-8(7)10-9;1-2-6-9-8(4-1)5-3-7-10-9;;;/h1-6H,(H,10,11);1-7H;;;. The summed E-state index contributed by atoms with van der Waals surface area (Å²) in [5.41, 5.74) is 1.89. The Hall–Kier alpha value is -2.17. The van der Waals surface area contributed by atoms with Crippen LogP contribution in [0.3, 0.4) is 0 Å². The Labute approximate surface area is 144 Å². The van der Waals surface area contributed by atoms with Crippen molar-refractivity contribution >= 4 is 44.9 Å². The molecule has 0 saturated heterocycles. The Morgan fingerprint density at radius 3 is 1.95 bits per heavy atom. The average Bonchev–Trinajstić information content (AvgIpc) is 2.55. The lowest BCUT2D eigenvalue weighted by molar-refractivity contribution is 0.456. The first-order chi connectivity index (χ1) is 10.3. The van der Waals surface area contributed by atoms with Crippen molar-refractivity contribution in [3.8, 4) is 5.88 Å². The van der Waals surface area contributed by atoms with Gasteiger partial charge in [0.25, 0.3) is 0 Å². The van der Waals surface area contributed by atoms with Crippen LogP contribution in [0.4, 0.5) is 0 Å². The maximum absolute atomic E-state index is 9.02. The van der Waals surface area contributed by atoms with Gasteiger partial charge < -0.3 is 5.11 Å². The Kier molecular flexibility index (Phi) is 5.69. The van der Waals surface area contributed by atoms with Crippen LogP contribution < -0.4 is 0 Å². The molecule has 2 aromatic heterocycles. The molecule has 0 bridgehead atoms. The van der Waals surface area contributed by atoms with Gasteiger partial charge in [-0.05, 0) is 24.3 Å². The van der Waals surface area contributed by atoms with Gasteiger partial charge in [-0.15, -0.1) is 0 Å². The van der Waals surface area contributed by atoms with Gasteiger partial charge in [0.15, 0.2) is 0 Å². The average molecular weight is 301 g/mol. The van der Waals surface area contributed by atoms with E-state index in [1.807, 2.05) is 60.8 Å². The molecule has 4 rings (SSSR count). The molecular formula is C18H16MgN2O. The van der Waals surface area contributed by atoms with Crippen molar-refractivity contribution in [1.82, 2.24) is 9.97 Å². The van der Waals surface area contributed by atoms with Crippen molar-refractivity contribution in [2.75, 3.05) is 0 Å². The number of fused-ring (bicyclic) bond motifs is 2. The van der Waals surface area contributed by atoms with Crippen LogP contribution in [0.15, 0.2) is 79.0 Å². The summed E-state index contributed by atoms with van der Waals surface area (Å²) in [5, 5.41) is 11.3. The highest BCUT2D eigenvalue weighted by Crippen LogP contribution is 2.14. The zero-order valence-electron chi connectivity index (χ0n) is 11.3. The molecule has 106 valence electrons. The third kappa shape index (κ3) is 3.93. The number of benzene rings is 2. The van der Waals surface area contributed by atoms with Gasteiger partial charge in [0.2, 0.25) is 5.88 Å². The van der Waals surface area contributed by atoms with Crippen LogP contribution >= 0.6 is 0 Å². The maximum atomic E-state index is 9.02. The second-order valence-electron chi connectivity index (χ2n) is 4.56. The van der Waals surface area contributed by atoms with Gasteiger partial charge in [-0.3, -0.25) is 4.98 Å². The molecule has 0 amide bonds. The zero-order valence-corrected chi connectivity index (χ0v) is 11.3. The van der Waals surface area contributed by atoms with E-state index in [-0.39, 0.29) is 28.9 Å². The molecule has 0 unspecified atom stereocenters. The monoisotopic (exact) mass is 300 g/mol. The highest BCUT2D eigenvalue weighted by Gasteiger charge is 1.92. The van der Waals surface area contributed by atoms with Gasteiger partial charge in [-0.2, -0.15) is 0 Å². The molecule has 2 heterocycles. The first-order valence-electron chi connectivity index (χ1n) is 6.67. The Morgan fingerprint density at radius 2 is 1.23 bits per heavy atom. The van der Waals surface area contributed by atoms with E-state index < -0.39 is 0 Å². The molecule has 0 aliphatic heterocycles. The first-order valence-corrected chi connectivity index (χ1v) is 6.67. The largest absolute Gasteiger partial charge is 0.493 e. The molecule has 0 saturated carbocycles. The highest BCUT2D eigenvalue weighted by atomic mass is 24.3. The summed E-state index contributed by atoms with van der Waals surface area (Å²) in [7, 11) is 0. The summed E-state index contributed by atoms with van der Waals surface area (Å²) < 4.78 is 0. The maximum Gasteiger partial charge on any atom is 0.316 e. The summed E-state index contributed by atoms with van der Waals surface area (Å²) in [4.78, 5) is 8.11. The van der Waals surface area contributed by atoms with Crippen LogP contribution in [0.5, 0.6) is 5.88 Å². The van der Waals surface area contributed by atoms with Gasteiger partial charge in [0.05, 0.1) is 11.0 Å². The summed E-state index contributed by atoms with van der Waals surface area (Å²) >= 11 is 0. The van der Waals surface area contributed by atoms with Crippen LogP contribution in [0, 0.1) is 0 Å². The molecule has 0 aliphatic rings. The number of aromatic hydroxyl groups is 1. The fraction of sp³-hybridized carbons (Fsp3) is 0. The third-order valence-electron chi connectivity index (χ3n) is 3.10. The lowest BCUT2D eigenvalue weighted by Crippen LogP contribution is -1.76. The highest BCUT2D eigenvalue weighted by molar-refractivity contribution is 5.79. The van der Waals surface area contributed by atoms with E-state index in [0.717, 1.165) is 16.4 Å². The molecule has 1 N–H and O–H groups in total. The van der Waals surface area contributed by atoms with E-state index in [0.29, 0.717) is 0 Å². The van der Waals surface area contributed by atoms with Crippen molar-refractivity contribution in [3.05, 3.63) is 79.0 Å². The topological polar surface area (TPSA) is 46.0 Å². The van der Waals surface area contributed by atoms with Crippen molar-refractivity contribution < 1.29 is 5.11 Å². The fourth-order valence-corrected chi connectivity index (χ4v) is 2.07.